The minimum absolute atomic E-state index is 0.232. The molecular formula is C18H16O4. The molecule has 2 aromatic rings. The molecule has 1 aliphatic heterocycles. The van der Waals surface area contributed by atoms with E-state index in [0.29, 0.717) is 6.42 Å². The van der Waals surface area contributed by atoms with E-state index in [9.17, 15) is 4.79 Å². The van der Waals surface area contributed by atoms with Crippen molar-refractivity contribution >= 4 is 5.78 Å². The second kappa shape index (κ2) is 5.05. The van der Waals surface area contributed by atoms with E-state index >= 15 is 0 Å². The first-order chi connectivity index (χ1) is 10.8. The lowest BCUT2D eigenvalue weighted by Gasteiger charge is -2.25. The zero-order valence-corrected chi connectivity index (χ0v) is 12.3. The molecule has 0 spiro atoms. The molecule has 4 rings (SSSR count). The van der Waals surface area contributed by atoms with E-state index < -0.39 is 0 Å². The Morgan fingerprint density at radius 1 is 1.05 bits per heavy atom. The number of aryl methyl sites for hydroxylation is 1. The number of ketones is 1. The predicted molar refractivity (Wildman–Crippen MR) is 80.7 cm³/mol. The summed E-state index contributed by atoms with van der Waals surface area (Å²) >= 11 is 0. The van der Waals surface area contributed by atoms with Crippen molar-refractivity contribution < 1.29 is 19.0 Å². The third-order valence-electron chi connectivity index (χ3n) is 4.36. The van der Waals surface area contributed by atoms with E-state index in [1.807, 2.05) is 36.4 Å². The molecule has 1 atom stereocenters. The van der Waals surface area contributed by atoms with E-state index in [1.165, 1.54) is 5.56 Å². The van der Waals surface area contributed by atoms with Gasteiger partial charge in [0.2, 0.25) is 6.79 Å². The zero-order chi connectivity index (χ0) is 15.1. The van der Waals surface area contributed by atoms with Crippen molar-refractivity contribution in [1.82, 2.24) is 0 Å². The fraction of sp³-hybridized carbons (Fsp3) is 0.278. The highest BCUT2D eigenvalue weighted by atomic mass is 16.7. The Labute approximate surface area is 128 Å². The summed E-state index contributed by atoms with van der Waals surface area (Å²) in [7, 11) is 1.64. The maximum absolute atomic E-state index is 12.5. The van der Waals surface area contributed by atoms with E-state index in [4.69, 9.17) is 14.2 Å². The largest absolute Gasteiger partial charge is 0.497 e. The second-order valence-corrected chi connectivity index (χ2v) is 5.58. The molecule has 112 valence electrons. The summed E-state index contributed by atoms with van der Waals surface area (Å²) < 4.78 is 16.1. The van der Waals surface area contributed by atoms with E-state index in [2.05, 4.69) is 0 Å². The van der Waals surface area contributed by atoms with Gasteiger partial charge < -0.3 is 14.2 Å². The number of carbonyl (C=O) groups excluding carboxylic acids is 1. The molecule has 2 aromatic carbocycles. The fourth-order valence-corrected chi connectivity index (χ4v) is 3.22. The molecule has 1 heterocycles. The number of Topliss-reactive ketones (excluding diaryl/α,β-unsaturated/α-hetero) is 1. The molecule has 0 N–H and O–H groups in total. The van der Waals surface area contributed by atoms with Crippen LogP contribution in [-0.4, -0.2) is 19.7 Å². The van der Waals surface area contributed by atoms with Crippen LogP contribution in [-0.2, 0) is 11.2 Å². The molecule has 22 heavy (non-hydrogen) atoms. The summed E-state index contributed by atoms with van der Waals surface area (Å²) in [6, 6.07) is 11.7. The van der Waals surface area contributed by atoms with Crippen LogP contribution in [0.4, 0.5) is 0 Å². The Morgan fingerprint density at radius 2 is 1.77 bits per heavy atom. The van der Waals surface area contributed by atoms with Crippen LogP contribution in [0.15, 0.2) is 36.4 Å². The first-order valence-corrected chi connectivity index (χ1v) is 7.35. The molecular weight excluding hydrogens is 280 g/mol. The van der Waals surface area contributed by atoms with Crippen LogP contribution < -0.4 is 14.2 Å². The van der Waals surface area contributed by atoms with E-state index in [1.54, 1.807) is 7.11 Å². The van der Waals surface area contributed by atoms with Gasteiger partial charge in [0.05, 0.1) is 13.0 Å². The Hall–Kier alpha value is -2.49. The quantitative estimate of drug-likeness (QED) is 0.854. The van der Waals surface area contributed by atoms with Crippen molar-refractivity contribution in [3.8, 4) is 17.2 Å². The Morgan fingerprint density at radius 3 is 2.50 bits per heavy atom. The van der Waals surface area contributed by atoms with Gasteiger partial charge in [-0.25, -0.2) is 0 Å². The van der Waals surface area contributed by atoms with Gasteiger partial charge in [-0.1, -0.05) is 12.1 Å². The number of ether oxygens (including phenoxy) is 3. The van der Waals surface area contributed by atoms with E-state index in [0.717, 1.165) is 34.8 Å². The van der Waals surface area contributed by atoms with Crippen molar-refractivity contribution in [2.45, 2.75) is 18.8 Å². The second-order valence-electron chi connectivity index (χ2n) is 5.58. The number of fused-ring (bicyclic) bond motifs is 2. The molecule has 0 amide bonds. The summed E-state index contributed by atoms with van der Waals surface area (Å²) in [6.07, 6.45) is 1.32. The first kappa shape index (κ1) is 13.2. The summed E-state index contributed by atoms with van der Waals surface area (Å²) in [5, 5.41) is 0. The van der Waals surface area contributed by atoms with Crippen LogP contribution >= 0.6 is 0 Å². The molecule has 2 aliphatic rings. The molecule has 0 fully saturated rings. The highest BCUT2D eigenvalue weighted by molar-refractivity contribution is 5.91. The topological polar surface area (TPSA) is 44.8 Å². The Bertz CT molecular complexity index is 733. The lowest BCUT2D eigenvalue weighted by atomic mass is 9.78. The third kappa shape index (κ3) is 2.03. The summed E-state index contributed by atoms with van der Waals surface area (Å²) in [5.74, 6) is 2.31. The van der Waals surface area contributed by atoms with Crippen LogP contribution in [0.5, 0.6) is 17.2 Å². The summed E-state index contributed by atoms with van der Waals surface area (Å²) in [5.41, 5.74) is 3.20. The normalized spacial score (nSPS) is 19.0. The lowest BCUT2D eigenvalue weighted by molar-refractivity contribution is -0.120. The van der Waals surface area contributed by atoms with Gasteiger partial charge in [0, 0.05) is 6.42 Å². The van der Waals surface area contributed by atoms with Crippen LogP contribution in [0.1, 0.15) is 29.0 Å². The van der Waals surface area contributed by atoms with Gasteiger partial charge in [-0.15, -0.1) is 0 Å². The highest BCUT2D eigenvalue weighted by Gasteiger charge is 2.31. The smallest absolute Gasteiger partial charge is 0.231 e. The monoisotopic (exact) mass is 296 g/mol. The lowest BCUT2D eigenvalue weighted by Crippen LogP contribution is -2.21. The van der Waals surface area contributed by atoms with Gasteiger partial charge in [-0.05, 0) is 47.4 Å². The van der Waals surface area contributed by atoms with Gasteiger partial charge in [0.15, 0.2) is 11.5 Å². The van der Waals surface area contributed by atoms with Gasteiger partial charge in [0.1, 0.15) is 11.5 Å². The van der Waals surface area contributed by atoms with Crippen molar-refractivity contribution in [2.24, 2.45) is 0 Å². The Balaban J connectivity index is 1.81. The molecule has 1 unspecified atom stereocenters. The molecule has 4 heteroatoms. The standard InChI is InChI=1S/C18H16O4/c1-20-13-5-2-11(3-6-13)18-14-9-17-16(21-10-22-17)8-12(14)4-7-15(18)19/h2-3,5-6,8-9,18H,4,7,10H2,1H3. The average Bonchev–Trinajstić information content (AvgIpc) is 3.00. The molecule has 1 aliphatic carbocycles. The molecule has 0 radical (unpaired) electrons. The van der Waals surface area contributed by atoms with Crippen molar-refractivity contribution in [1.29, 1.82) is 0 Å². The van der Waals surface area contributed by atoms with Crippen LogP contribution in [0, 0.1) is 0 Å². The van der Waals surface area contributed by atoms with Gasteiger partial charge >= 0.3 is 0 Å². The summed E-state index contributed by atoms with van der Waals surface area (Å²) in [6.45, 7) is 0.249. The Kier molecular flexibility index (Phi) is 3.03. The number of hydrogen-bond acceptors (Lipinski definition) is 4. The minimum Gasteiger partial charge on any atom is -0.497 e. The predicted octanol–water partition coefficient (Wildman–Crippen LogP) is 3.07. The molecule has 0 aromatic heterocycles. The van der Waals surface area contributed by atoms with E-state index in [-0.39, 0.29) is 18.5 Å². The fourth-order valence-electron chi connectivity index (χ4n) is 3.22. The van der Waals surface area contributed by atoms with Gasteiger partial charge in [-0.3, -0.25) is 4.79 Å². The highest BCUT2D eigenvalue weighted by Crippen LogP contribution is 2.42. The number of carbonyl (C=O) groups is 1. The van der Waals surface area contributed by atoms with Crippen LogP contribution in [0.25, 0.3) is 0 Å². The minimum atomic E-state index is -0.232. The maximum atomic E-state index is 12.5. The van der Waals surface area contributed by atoms with Crippen LogP contribution in [0.3, 0.4) is 0 Å². The number of rotatable bonds is 2. The SMILES string of the molecule is COc1ccc(C2C(=O)CCc3cc4c(cc32)OCO4)cc1. The van der Waals surface area contributed by atoms with Gasteiger partial charge in [-0.2, -0.15) is 0 Å². The number of methoxy groups -OCH3 is 1. The molecule has 4 nitrogen and oxygen atoms in total. The first-order valence-electron chi connectivity index (χ1n) is 7.35. The number of hydrogen-bond donors (Lipinski definition) is 0. The summed E-state index contributed by atoms with van der Waals surface area (Å²) in [4.78, 5) is 12.5. The van der Waals surface area contributed by atoms with Crippen molar-refractivity contribution in [3.63, 3.8) is 0 Å². The average molecular weight is 296 g/mol. The molecule has 0 bridgehead atoms. The van der Waals surface area contributed by atoms with Crippen molar-refractivity contribution in [3.05, 3.63) is 53.1 Å². The van der Waals surface area contributed by atoms with Gasteiger partial charge in [0.25, 0.3) is 0 Å². The molecule has 0 saturated heterocycles. The zero-order valence-electron chi connectivity index (χ0n) is 12.3. The van der Waals surface area contributed by atoms with Crippen LogP contribution in [0.2, 0.25) is 0 Å². The van der Waals surface area contributed by atoms with Crippen molar-refractivity contribution in [2.75, 3.05) is 13.9 Å². The maximum Gasteiger partial charge on any atom is 0.231 e. The number of benzene rings is 2. The molecule has 0 saturated carbocycles. The third-order valence-corrected chi connectivity index (χ3v) is 4.36.